The summed E-state index contributed by atoms with van der Waals surface area (Å²) >= 11 is 2.45. The molecule has 12 heteroatoms. The van der Waals surface area contributed by atoms with E-state index in [0.717, 1.165) is 17.4 Å². The molecule has 1 aromatic carbocycles. The maximum Gasteiger partial charge on any atom is 0.259 e. The normalized spacial score (nSPS) is 16.6. The third kappa shape index (κ3) is 3.34. The highest BCUT2D eigenvalue weighted by molar-refractivity contribution is 7.89. The number of benzene rings is 1. The molecule has 30 heavy (non-hydrogen) atoms. The molecule has 0 saturated carbocycles. The van der Waals surface area contributed by atoms with E-state index < -0.39 is 10.0 Å². The Bertz CT molecular complexity index is 1400. The summed E-state index contributed by atoms with van der Waals surface area (Å²) in [6.07, 6.45) is 0. The van der Waals surface area contributed by atoms with Crippen molar-refractivity contribution in [1.82, 2.24) is 27.3 Å². The van der Waals surface area contributed by atoms with Gasteiger partial charge in [-0.1, -0.05) is 6.07 Å². The number of hydrogen-bond acceptors (Lipinski definition) is 9. The van der Waals surface area contributed by atoms with Crippen LogP contribution in [-0.2, 0) is 16.6 Å². The Hall–Kier alpha value is -2.25. The van der Waals surface area contributed by atoms with Crippen molar-refractivity contribution in [2.75, 3.05) is 26.2 Å². The van der Waals surface area contributed by atoms with Crippen LogP contribution < -0.4 is 5.56 Å². The second kappa shape index (κ2) is 7.46. The molecule has 0 amide bonds. The largest absolute Gasteiger partial charge is 0.295 e. The van der Waals surface area contributed by atoms with E-state index in [-0.39, 0.29) is 10.5 Å². The van der Waals surface area contributed by atoms with Crippen LogP contribution in [0.2, 0.25) is 0 Å². The molecule has 0 atom stereocenters. The number of piperazine rings is 1. The van der Waals surface area contributed by atoms with Gasteiger partial charge >= 0.3 is 0 Å². The topological polar surface area (TPSA) is 101 Å². The minimum Gasteiger partial charge on any atom is -0.295 e. The zero-order valence-electron chi connectivity index (χ0n) is 16.1. The predicted molar refractivity (Wildman–Crippen MR) is 116 cm³/mol. The molecule has 0 radical (unpaired) electrons. The molecule has 4 aromatic rings. The van der Waals surface area contributed by atoms with Gasteiger partial charge in [-0.3, -0.25) is 14.1 Å². The molecular weight excluding hydrogens is 444 g/mol. The van der Waals surface area contributed by atoms with Gasteiger partial charge in [0, 0.05) is 49.9 Å². The van der Waals surface area contributed by atoms with E-state index in [2.05, 4.69) is 18.6 Å². The Balaban J connectivity index is 1.32. The fraction of sp³-hybridized carbons (Fsp3) is 0.333. The van der Waals surface area contributed by atoms with Gasteiger partial charge < -0.3 is 0 Å². The number of rotatable bonds is 4. The highest BCUT2D eigenvalue weighted by Gasteiger charge is 2.30. The van der Waals surface area contributed by atoms with Gasteiger partial charge in [-0.2, -0.15) is 13.1 Å². The molecule has 0 aliphatic carbocycles. The summed E-state index contributed by atoms with van der Waals surface area (Å²) in [4.78, 5) is 20.0. The lowest BCUT2D eigenvalue weighted by molar-refractivity contribution is 0.180. The predicted octanol–water partition coefficient (Wildman–Crippen LogP) is 1.58. The molecule has 1 saturated heterocycles. The van der Waals surface area contributed by atoms with Crippen molar-refractivity contribution in [2.24, 2.45) is 0 Å². The van der Waals surface area contributed by atoms with Crippen molar-refractivity contribution in [3.8, 4) is 0 Å². The maximum absolute atomic E-state index is 13.1. The zero-order chi connectivity index (χ0) is 20.9. The van der Waals surface area contributed by atoms with E-state index in [4.69, 9.17) is 0 Å². The first-order valence-corrected chi connectivity index (χ1v) is 12.4. The fourth-order valence-corrected chi connectivity index (χ4v) is 6.73. The molecule has 4 heterocycles. The van der Waals surface area contributed by atoms with Gasteiger partial charge in [-0.25, -0.2) is 13.4 Å². The van der Waals surface area contributed by atoms with Crippen molar-refractivity contribution in [3.63, 3.8) is 0 Å². The smallest absolute Gasteiger partial charge is 0.259 e. The summed E-state index contributed by atoms with van der Waals surface area (Å²) in [6.45, 7) is 4.27. The Kier molecular flexibility index (Phi) is 4.90. The molecule has 0 bridgehead atoms. The summed E-state index contributed by atoms with van der Waals surface area (Å²) in [7, 11) is -3.64. The third-order valence-corrected chi connectivity index (χ3v) is 8.63. The van der Waals surface area contributed by atoms with Crippen molar-refractivity contribution < 1.29 is 8.42 Å². The first kappa shape index (κ1) is 19.7. The first-order valence-electron chi connectivity index (χ1n) is 9.34. The Morgan fingerprint density at radius 3 is 2.73 bits per heavy atom. The van der Waals surface area contributed by atoms with Crippen LogP contribution in [0.25, 0.3) is 16.0 Å². The van der Waals surface area contributed by atoms with Gasteiger partial charge in [0.25, 0.3) is 5.56 Å². The van der Waals surface area contributed by atoms with Crippen LogP contribution in [0.4, 0.5) is 0 Å². The first-order chi connectivity index (χ1) is 14.4. The second-order valence-corrected chi connectivity index (χ2v) is 10.4. The van der Waals surface area contributed by atoms with Gasteiger partial charge in [0.05, 0.1) is 17.4 Å². The Labute approximate surface area is 180 Å². The maximum atomic E-state index is 13.1. The lowest BCUT2D eigenvalue weighted by Gasteiger charge is -2.33. The molecule has 156 valence electrons. The van der Waals surface area contributed by atoms with Gasteiger partial charge in [0.15, 0.2) is 4.96 Å². The second-order valence-electron chi connectivity index (χ2n) is 7.15. The number of sulfonamides is 1. The van der Waals surface area contributed by atoms with Crippen molar-refractivity contribution in [2.45, 2.75) is 18.4 Å². The van der Waals surface area contributed by atoms with Crippen LogP contribution in [0.5, 0.6) is 0 Å². The number of aromatic nitrogens is 4. The number of hydrogen-bond donors (Lipinski definition) is 0. The molecule has 0 N–H and O–H groups in total. The van der Waals surface area contributed by atoms with Gasteiger partial charge in [-0.15, -0.1) is 11.3 Å². The Morgan fingerprint density at radius 1 is 1.13 bits per heavy atom. The molecule has 0 unspecified atom stereocenters. The summed E-state index contributed by atoms with van der Waals surface area (Å²) in [6, 6.07) is 6.60. The highest BCUT2D eigenvalue weighted by atomic mass is 32.2. The quantitative estimate of drug-likeness (QED) is 0.454. The lowest BCUT2D eigenvalue weighted by atomic mass is 10.3. The zero-order valence-corrected chi connectivity index (χ0v) is 18.5. The molecule has 0 spiro atoms. The van der Waals surface area contributed by atoms with Crippen molar-refractivity contribution in [3.05, 3.63) is 51.4 Å². The molecule has 1 fully saturated rings. The monoisotopic (exact) mass is 462 g/mol. The van der Waals surface area contributed by atoms with E-state index in [9.17, 15) is 13.2 Å². The standard InChI is InChI=1S/C18H18N6O3S3/c1-12-11-28-18-19-13(9-16(25)24(12)18)10-22-5-7-23(8-6-22)30(26,27)15-4-2-3-14-17(15)21-29-20-14/h2-4,9,11H,5-8,10H2,1H3. The van der Waals surface area contributed by atoms with E-state index in [0.29, 0.717) is 54.4 Å². The average Bonchev–Trinajstić information content (AvgIpc) is 3.35. The van der Waals surface area contributed by atoms with Crippen LogP contribution in [0.3, 0.4) is 0 Å². The molecule has 1 aliphatic heterocycles. The van der Waals surface area contributed by atoms with E-state index >= 15 is 0 Å². The number of thiazole rings is 1. The number of nitrogens with zero attached hydrogens (tertiary/aromatic N) is 6. The highest BCUT2D eigenvalue weighted by Crippen LogP contribution is 2.25. The van der Waals surface area contributed by atoms with Crippen LogP contribution >= 0.6 is 23.1 Å². The fourth-order valence-electron chi connectivity index (χ4n) is 3.67. The SMILES string of the molecule is Cc1csc2nc(CN3CCN(S(=O)(=O)c4cccc5nsnc45)CC3)cc(=O)n12. The molecular formula is C18H18N6O3S3. The summed E-state index contributed by atoms with van der Waals surface area (Å²) in [5, 5.41) is 1.91. The number of fused-ring (bicyclic) bond motifs is 2. The van der Waals surface area contributed by atoms with E-state index in [1.54, 1.807) is 28.7 Å². The van der Waals surface area contributed by atoms with Gasteiger partial charge in [0.1, 0.15) is 15.9 Å². The van der Waals surface area contributed by atoms with E-state index in [1.807, 2.05) is 12.3 Å². The van der Waals surface area contributed by atoms with Crippen molar-refractivity contribution >= 4 is 49.1 Å². The van der Waals surface area contributed by atoms with Gasteiger partial charge in [-0.05, 0) is 19.1 Å². The van der Waals surface area contributed by atoms with Crippen LogP contribution in [-0.4, -0.2) is 61.9 Å². The van der Waals surface area contributed by atoms with Crippen molar-refractivity contribution in [1.29, 1.82) is 0 Å². The molecule has 9 nitrogen and oxygen atoms in total. The molecule has 5 rings (SSSR count). The Morgan fingerprint density at radius 2 is 1.93 bits per heavy atom. The minimum atomic E-state index is -3.64. The van der Waals surface area contributed by atoms with Gasteiger partial charge in [0.2, 0.25) is 10.0 Å². The third-order valence-electron chi connectivity index (χ3n) is 5.21. The summed E-state index contributed by atoms with van der Waals surface area (Å²) < 4.78 is 37.7. The average molecular weight is 463 g/mol. The lowest BCUT2D eigenvalue weighted by Crippen LogP contribution is -2.48. The van der Waals surface area contributed by atoms with E-state index in [1.165, 1.54) is 15.6 Å². The van der Waals surface area contributed by atoms with Crippen LogP contribution in [0.1, 0.15) is 11.4 Å². The summed E-state index contributed by atoms with van der Waals surface area (Å²) in [5.74, 6) is 0. The van der Waals surface area contributed by atoms with Crippen LogP contribution in [0, 0.1) is 6.92 Å². The molecule has 3 aromatic heterocycles. The van der Waals surface area contributed by atoms with Crippen LogP contribution in [0.15, 0.2) is 39.3 Å². The number of aryl methyl sites for hydroxylation is 1. The molecule has 1 aliphatic rings. The summed E-state index contributed by atoms with van der Waals surface area (Å²) in [5.41, 5.74) is 2.52. The minimum absolute atomic E-state index is 0.0834.